The predicted octanol–water partition coefficient (Wildman–Crippen LogP) is 2.27. The van der Waals surface area contributed by atoms with Gasteiger partial charge in [0.2, 0.25) is 0 Å². The van der Waals surface area contributed by atoms with Gasteiger partial charge in [0.05, 0.1) is 35.7 Å². The largest absolute Gasteiger partial charge is 0.377 e. The van der Waals surface area contributed by atoms with E-state index in [1.807, 2.05) is 17.2 Å². The van der Waals surface area contributed by atoms with Crippen molar-refractivity contribution in [1.29, 1.82) is 0 Å². The predicted molar refractivity (Wildman–Crippen MR) is 77.4 cm³/mol. The van der Waals surface area contributed by atoms with E-state index in [2.05, 4.69) is 10.1 Å². The van der Waals surface area contributed by atoms with Gasteiger partial charge in [-0.15, -0.1) is 11.3 Å². The number of aromatic nitrogens is 2. The molecule has 1 atom stereocenters. The molecule has 2 aromatic heterocycles. The Hall–Kier alpha value is -1.73. The first-order chi connectivity index (χ1) is 10.1. The fraction of sp³-hybridized carbons (Fsp3) is 0.500. The molecular formula is C14H17N3O3S. The van der Waals surface area contributed by atoms with E-state index in [1.165, 1.54) is 0 Å². The van der Waals surface area contributed by atoms with Gasteiger partial charge in [0.15, 0.2) is 0 Å². The number of aryl methyl sites for hydroxylation is 3. The molecule has 0 aromatic carbocycles. The van der Waals surface area contributed by atoms with Crippen LogP contribution in [0.25, 0.3) is 0 Å². The zero-order valence-corrected chi connectivity index (χ0v) is 13.1. The van der Waals surface area contributed by atoms with Crippen LogP contribution in [0.2, 0.25) is 0 Å². The van der Waals surface area contributed by atoms with E-state index in [0.29, 0.717) is 36.8 Å². The molecule has 1 fully saturated rings. The fourth-order valence-corrected chi connectivity index (χ4v) is 3.22. The molecule has 0 spiro atoms. The van der Waals surface area contributed by atoms with Crippen LogP contribution in [0.4, 0.5) is 0 Å². The lowest BCUT2D eigenvalue weighted by Crippen LogP contribution is -2.43. The number of amides is 1. The highest BCUT2D eigenvalue weighted by molar-refractivity contribution is 7.09. The van der Waals surface area contributed by atoms with Gasteiger partial charge < -0.3 is 14.2 Å². The number of carbonyl (C=O) groups is 1. The standard InChI is InChI=1S/C14H17N3O3S/c1-8-13(9(2)20-16-8)14(18)17-4-5-19-6-12(17)11-7-21-10(3)15-11/h7,12H,4-6H2,1-3H3/t12-/m0/s1. The molecule has 0 aliphatic carbocycles. The molecule has 21 heavy (non-hydrogen) atoms. The molecule has 112 valence electrons. The summed E-state index contributed by atoms with van der Waals surface area (Å²) < 4.78 is 10.6. The number of carbonyl (C=O) groups excluding carboxylic acids is 1. The maximum absolute atomic E-state index is 12.8. The van der Waals surface area contributed by atoms with E-state index in [1.54, 1.807) is 25.2 Å². The molecule has 1 saturated heterocycles. The van der Waals surface area contributed by atoms with Crippen LogP contribution >= 0.6 is 11.3 Å². The van der Waals surface area contributed by atoms with Crippen molar-refractivity contribution >= 4 is 17.2 Å². The molecule has 7 heteroatoms. The van der Waals surface area contributed by atoms with Gasteiger partial charge in [-0.2, -0.15) is 0 Å². The molecule has 0 radical (unpaired) electrons. The topological polar surface area (TPSA) is 68.5 Å². The monoisotopic (exact) mass is 307 g/mol. The van der Waals surface area contributed by atoms with Gasteiger partial charge in [-0.05, 0) is 20.8 Å². The maximum Gasteiger partial charge on any atom is 0.260 e. The third-order valence-electron chi connectivity index (χ3n) is 3.61. The normalized spacial score (nSPS) is 19.0. The van der Waals surface area contributed by atoms with E-state index in [-0.39, 0.29) is 11.9 Å². The first kappa shape index (κ1) is 14.2. The molecule has 0 saturated carbocycles. The number of ether oxygens (including phenoxy) is 1. The van der Waals surface area contributed by atoms with Crippen LogP contribution in [-0.2, 0) is 4.74 Å². The van der Waals surface area contributed by atoms with Gasteiger partial charge in [0.25, 0.3) is 5.91 Å². The average molecular weight is 307 g/mol. The SMILES string of the molecule is Cc1nc([C@@H]2COCCN2C(=O)c2c(C)noc2C)cs1. The highest BCUT2D eigenvalue weighted by Gasteiger charge is 2.33. The number of thiazole rings is 1. The summed E-state index contributed by atoms with van der Waals surface area (Å²) in [5.41, 5.74) is 2.06. The van der Waals surface area contributed by atoms with Gasteiger partial charge >= 0.3 is 0 Å². The minimum absolute atomic E-state index is 0.0646. The minimum atomic E-state index is -0.148. The van der Waals surface area contributed by atoms with Crippen molar-refractivity contribution in [2.75, 3.05) is 19.8 Å². The van der Waals surface area contributed by atoms with E-state index in [9.17, 15) is 4.79 Å². The molecule has 1 aliphatic rings. The Morgan fingerprint density at radius 1 is 1.43 bits per heavy atom. The van der Waals surface area contributed by atoms with E-state index >= 15 is 0 Å². The molecule has 0 unspecified atom stereocenters. The number of nitrogens with zero attached hydrogens (tertiary/aromatic N) is 3. The summed E-state index contributed by atoms with van der Waals surface area (Å²) in [6.07, 6.45) is 0. The molecule has 0 N–H and O–H groups in total. The second-order valence-corrected chi connectivity index (χ2v) is 6.14. The Balaban J connectivity index is 1.93. The zero-order valence-electron chi connectivity index (χ0n) is 12.3. The average Bonchev–Trinajstić information content (AvgIpc) is 3.05. The number of hydrogen-bond acceptors (Lipinski definition) is 6. The number of morpholine rings is 1. The Morgan fingerprint density at radius 2 is 2.24 bits per heavy atom. The van der Waals surface area contributed by atoms with Crippen molar-refractivity contribution in [2.45, 2.75) is 26.8 Å². The van der Waals surface area contributed by atoms with Crippen molar-refractivity contribution < 1.29 is 14.1 Å². The van der Waals surface area contributed by atoms with Crippen LogP contribution < -0.4 is 0 Å². The van der Waals surface area contributed by atoms with E-state index in [0.717, 1.165) is 10.7 Å². The molecule has 0 bridgehead atoms. The summed E-state index contributed by atoms with van der Waals surface area (Å²) in [5.74, 6) is 0.488. The second kappa shape index (κ2) is 5.57. The summed E-state index contributed by atoms with van der Waals surface area (Å²) in [7, 11) is 0. The van der Waals surface area contributed by atoms with Gasteiger partial charge in [0, 0.05) is 11.9 Å². The summed E-state index contributed by atoms with van der Waals surface area (Å²) in [6.45, 7) is 7.05. The quantitative estimate of drug-likeness (QED) is 0.851. The van der Waals surface area contributed by atoms with Gasteiger partial charge in [0.1, 0.15) is 11.3 Å². The Bertz CT molecular complexity index is 645. The van der Waals surface area contributed by atoms with Crippen molar-refractivity contribution in [3.05, 3.63) is 33.1 Å². The van der Waals surface area contributed by atoms with E-state index < -0.39 is 0 Å². The Kier molecular flexibility index (Phi) is 3.77. The number of hydrogen-bond donors (Lipinski definition) is 0. The van der Waals surface area contributed by atoms with Crippen molar-refractivity contribution in [1.82, 2.24) is 15.0 Å². The Labute approximate surface area is 126 Å². The minimum Gasteiger partial charge on any atom is -0.377 e. The summed E-state index contributed by atoms with van der Waals surface area (Å²) in [5, 5.41) is 6.84. The van der Waals surface area contributed by atoms with Crippen molar-refractivity contribution in [2.24, 2.45) is 0 Å². The molecule has 1 aliphatic heterocycles. The lowest BCUT2D eigenvalue weighted by atomic mass is 10.1. The maximum atomic E-state index is 12.8. The summed E-state index contributed by atoms with van der Waals surface area (Å²) in [4.78, 5) is 19.1. The molecule has 1 amide bonds. The summed E-state index contributed by atoms with van der Waals surface area (Å²) in [6, 6.07) is -0.148. The van der Waals surface area contributed by atoms with Crippen LogP contribution in [0.15, 0.2) is 9.90 Å². The molecule has 6 nitrogen and oxygen atoms in total. The fourth-order valence-electron chi connectivity index (χ4n) is 2.56. The van der Waals surface area contributed by atoms with Crippen molar-refractivity contribution in [3.8, 4) is 0 Å². The lowest BCUT2D eigenvalue weighted by Gasteiger charge is -2.34. The van der Waals surface area contributed by atoms with Crippen molar-refractivity contribution in [3.63, 3.8) is 0 Å². The Morgan fingerprint density at radius 3 is 2.86 bits per heavy atom. The first-order valence-corrected chi connectivity index (χ1v) is 7.69. The third-order valence-corrected chi connectivity index (χ3v) is 4.41. The smallest absolute Gasteiger partial charge is 0.260 e. The molecule has 3 rings (SSSR count). The highest BCUT2D eigenvalue weighted by atomic mass is 32.1. The van der Waals surface area contributed by atoms with Crippen LogP contribution in [0.1, 0.15) is 38.6 Å². The van der Waals surface area contributed by atoms with Gasteiger partial charge in [-0.1, -0.05) is 5.16 Å². The highest BCUT2D eigenvalue weighted by Crippen LogP contribution is 2.28. The third kappa shape index (κ3) is 2.58. The van der Waals surface area contributed by atoms with Crippen LogP contribution in [0.5, 0.6) is 0 Å². The lowest BCUT2D eigenvalue weighted by molar-refractivity contribution is -0.00388. The first-order valence-electron chi connectivity index (χ1n) is 6.81. The second-order valence-electron chi connectivity index (χ2n) is 5.08. The van der Waals surface area contributed by atoms with Gasteiger partial charge in [-0.25, -0.2) is 4.98 Å². The van der Waals surface area contributed by atoms with Crippen LogP contribution in [0, 0.1) is 20.8 Å². The molecule has 2 aromatic rings. The molecular weight excluding hydrogens is 290 g/mol. The van der Waals surface area contributed by atoms with Gasteiger partial charge in [-0.3, -0.25) is 4.79 Å². The molecule has 3 heterocycles. The van der Waals surface area contributed by atoms with E-state index in [4.69, 9.17) is 9.26 Å². The summed E-state index contributed by atoms with van der Waals surface area (Å²) >= 11 is 1.58. The number of rotatable bonds is 2. The van der Waals surface area contributed by atoms with Crippen LogP contribution in [0.3, 0.4) is 0 Å². The zero-order chi connectivity index (χ0) is 15.0. The van der Waals surface area contributed by atoms with Crippen LogP contribution in [-0.4, -0.2) is 40.7 Å².